The molecule has 10 atom stereocenters. The van der Waals surface area contributed by atoms with E-state index in [1.165, 1.54) is 31.3 Å². The maximum atomic E-state index is 12.2. The number of carbonyl (C=O) groups excluding carboxylic acids is 2. The van der Waals surface area contributed by atoms with Crippen molar-refractivity contribution in [2.45, 2.75) is 70.8 Å². The molecule has 0 unspecified atom stereocenters. The molecule has 5 saturated carbocycles. The highest BCUT2D eigenvalue weighted by Crippen LogP contribution is 2.82. The van der Waals surface area contributed by atoms with Crippen molar-refractivity contribution in [2.24, 2.45) is 52.3 Å². The highest BCUT2D eigenvalue weighted by atomic mass is 16.6. The first-order chi connectivity index (χ1) is 12.9. The second-order valence-corrected chi connectivity index (χ2v) is 11.5. The van der Waals surface area contributed by atoms with Gasteiger partial charge in [0, 0.05) is 24.2 Å². The largest absolute Gasteiger partial charge is 0.458 e. The first-order valence-corrected chi connectivity index (χ1v) is 11.4. The monoisotopic (exact) mass is 366 g/mol. The smallest absolute Gasteiger partial charge is 0.306 e. The van der Waals surface area contributed by atoms with Crippen molar-refractivity contribution in [3.63, 3.8) is 0 Å². The molecule has 1 aliphatic heterocycles. The van der Waals surface area contributed by atoms with Gasteiger partial charge >= 0.3 is 5.97 Å². The standard InChI is InChI=1S/C24H30O3/c1-22-6-3-12(25)9-17(22)13-10-14(13)20-16(22)4-7-23(2)21(20)15-11-18(15)24(23)8-5-19(26)27-24/h9,13-16,18,20-21H,3-8,10-11H2,1-2H3/t13-,14-,15-,16-,18-,20-,21-,22-,23+,24+/m1/s1. The Bertz CT molecular complexity index is 827. The van der Waals surface area contributed by atoms with Crippen LogP contribution in [0.5, 0.6) is 0 Å². The van der Waals surface area contributed by atoms with E-state index in [1.54, 1.807) is 0 Å². The summed E-state index contributed by atoms with van der Waals surface area (Å²) in [6.45, 7) is 4.99. The highest BCUT2D eigenvalue weighted by molar-refractivity contribution is 5.92. The zero-order valence-electron chi connectivity index (χ0n) is 16.5. The van der Waals surface area contributed by atoms with Crippen LogP contribution in [0, 0.1) is 52.3 Å². The van der Waals surface area contributed by atoms with Crippen molar-refractivity contribution in [1.82, 2.24) is 0 Å². The molecule has 3 nitrogen and oxygen atoms in total. The number of esters is 1. The number of allylic oxidation sites excluding steroid dienone is 1. The van der Waals surface area contributed by atoms with Gasteiger partial charge in [0.2, 0.25) is 0 Å². The van der Waals surface area contributed by atoms with E-state index in [0.717, 1.165) is 48.9 Å². The molecule has 0 amide bonds. The van der Waals surface area contributed by atoms with Gasteiger partial charge in [-0.3, -0.25) is 9.59 Å². The van der Waals surface area contributed by atoms with Gasteiger partial charge in [-0.15, -0.1) is 0 Å². The van der Waals surface area contributed by atoms with Crippen molar-refractivity contribution in [3.05, 3.63) is 11.6 Å². The fourth-order valence-electron chi connectivity index (χ4n) is 9.74. The summed E-state index contributed by atoms with van der Waals surface area (Å²) < 4.78 is 6.22. The Hall–Kier alpha value is -1.12. The molecule has 7 aliphatic rings. The molecular formula is C24H30O3. The lowest BCUT2D eigenvalue weighted by molar-refractivity contribution is -0.177. The Morgan fingerprint density at radius 1 is 1.00 bits per heavy atom. The van der Waals surface area contributed by atoms with Gasteiger partial charge < -0.3 is 4.74 Å². The van der Waals surface area contributed by atoms with Crippen molar-refractivity contribution in [2.75, 3.05) is 0 Å². The molecule has 6 aliphatic carbocycles. The van der Waals surface area contributed by atoms with E-state index in [-0.39, 0.29) is 22.4 Å². The van der Waals surface area contributed by atoms with Gasteiger partial charge in [-0.1, -0.05) is 19.4 Å². The van der Waals surface area contributed by atoms with Crippen molar-refractivity contribution in [1.29, 1.82) is 0 Å². The Labute approximate surface area is 161 Å². The lowest BCUT2D eigenvalue weighted by Crippen LogP contribution is -2.57. The van der Waals surface area contributed by atoms with Crippen LogP contribution in [-0.2, 0) is 14.3 Å². The highest BCUT2D eigenvalue weighted by Gasteiger charge is 2.81. The Kier molecular flexibility index (Phi) is 2.56. The third-order valence-corrected chi connectivity index (χ3v) is 10.9. The number of rotatable bonds is 0. The summed E-state index contributed by atoms with van der Waals surface area (Å²) in [4.78, 5) is 24.3. The van der Waals surface area contributed by atoms with Gasteiger partial charge in [0.1, 0.15) is 5.60 Å². The SMILES string of the molecule is C[C@]12CCC(=O)C=C1[C@@H]1C[C@H]1[C@H]1[C@H]3[C@@H]4C[C@H]4[C@@]4(CCC(=O)O4)[C@@]3(C)CC[C@H]12. The second-order valence-electron chi connectivity index (χ2n) is 11.5. The molecule has 6 fully saturated rings. The van der Waals surface area contributed by atoms with Gasteiger partial charge in [0.15, 0.2) is 5.78 Å². The summed E-state index contributed by atoms with van der Waals surface area (Å²) in [7, 11) is 0. The molecule has 0 aromatic carbocycles. The molecule has 0 radical (unpaired) electrons. The third kappa shape index (κ3) is 1.58. The fourth-order valence-corrected chi connectivity index (χ4v) is 9.74. The van der Waals surface area contributed by atoms with E-state index in [1.807, 2.05) is 0 Å². The van der Waals surface area contributed by atoms with Crippen LogP contribution in [0.3, 0.4) is 0 Å². The van der Waals surface area contributed by atoms with Crippen LogP contribution in [0.25, 0.3) is 0 Å². The molecule has 7 rings (SSSR count). The average Bonchev–Trinajstić information content (AvgIpc) is 3.53. The Morgan fingerprint density at radius 2 is 1.85 bits per heavy atom. The topological polar surface area (TPSA) is 43.4 Å². The number of ether oxygens (including phenoxy) is 1. The minimum atomic E-state index is -0.131. The Morgan fingerprint density at radius 3 is 2.63 bits per heavy atom. The average molecular weight is 367 g/mol. The maximum absolute atomic E-state index is 12.2. The molecule has 0 aromatic heterocycles. The lowest BCUT2D eigenvalue weighted by atomic mass is 9.45. The van der Waals surface area contributed by atoms with Crippen LogP contribution in [0.15, 0.2) is 11.6 Å². The molecule has 1 saturated heterocycles. The van der Waals surface area contributed by atoms with Crippen molar-refractivity contribution in [3.8, 4) is 0 Å². The van der Waals surface area contributed by atoms with Gasteiger partial charge in [0.25, 0.3) is 0 Å². The maximum Gasteiger partial charge on any atom is 0.306 e. The molecule has 3 heteroatoms. The fraction of sp³-hybridized carbons (Fsp3) is 0.833. The summed E-state index contributed by atoms with van der Waals surface area (Å²) in [5.41, 5.74) is 1.85. The number of ketones is 1. The van der Waals surface area contributed by atoms with Crippen LogP contribution in [0.1, 0.15) is 65.2 Å². The zero-order valence-corrected chi connectivity index (χ0v) is 16.5. The van der Waals surface area contributed by atoms with Gasteiger partial charge in [-0.2, -0.15) is 0 Å². The molecule has 144 valence electrons. The molecule has 0 aromatic rings. The van der Waals surface area contributed by atoms with E-state index in [9.17, 15) is 9.59 Å². The molecule has 0 N–H and O–H groups in total. The molecule has 0 bridgehead atoms. The summed E-state index contributed by atoms with van der Waals surface area (Å²) >= 11 is 0. The van der Waals surface area contributed by atoms with E-state index < -0.39 is 0 Å². The van der Waals surface area contributed by atoms with Crippen LogP contribution < -0.4 is 0 Å². The molecular weight excluding hydrogens is 336 g/mol. The van der Waals surface area contributed by atoms with E-state index in [2.05, 4.69) is 19.9 Å². The predicted octanol–water partition coefficient (Wildman–Crippen LogP) is 4.31. The summed E-state index contributed by atoms with van der Waals surface area (Å²) in [5.74, 6) is 5.65. The van der Waals surface area contributed by atoms with Crippen LogP contribution >= 0.6 is 0 Å². The molecule has 1 spiro atoms. The van der Waals surface area contributed by atoms with E-state index >= 15 is 0 Å². The van der Waals surface area contributed by atoms with E-state index in [4.69, 9.17) is 4.74 Å². The van der Waals surface area contributed by atoms with Gasteiger partial charge in [0.05, 0.1) is 0 Å². The minimum Gasteiger partial charge on any atom is -0.458 e. The zero-order chi connectivity index (χ0) is 18.3. The summed E-state index contributed by atoms with van der Waals surface area (Å²) in [5, 5.41) is 0. The Balaban J connectivity index is 1.33. The van der Waals surface area contributed by atoms with Crippen LogP contribution in [0.2, 0.25) is 0 Å². The van der Waals surface area contributed by atoms with Crippen molar-refractivity contribution >= 4 is 11.8 Å². The minimum absolute atomic E-state index is 0.0561. The summed E-state index contributed by atoms with van der Waals surface area (Å²) in [6, 6.07) is 0. The number of hydrogen-bond acceptors (Lipinski definition) is 3. The third-order valence-electron chi connectivity index (χ3n) is 10.9. The van der Waals surface area contributed by atoms with Crippen LogP contribution in [-0.4, -0.2) is 17.4 Å². The second kappa shape index (κ2) is 4.39. The molecule has 1 heterocycles. The van der Waals surface area contributed by atoms with Gasteiger partial charge in [-0.05, 0) is 85.5 Å². The van der Waals surface area contributed by atoms with Crippen molar-refractivity contribution < 1.29 is 14.3 Å². The van der Waals surface area contributed by atoms with Gasteiger partial charge in [-0.25, -0.2) is 0 Å². The van der Waals surface area contributed by atoms with Crippen LogP contribution in [0.4, 0.5) is 0 Å². The predicted molar refractivity (Wildman–Crippen MR) is 99.5 cm³/mol. The number of carbonyl (C=O) groups is 2. The first kappa shape index (κ1) is 15.8. The molecule has 27 heavy (non-hydrogen) atoms. The lowest BCUT2D eigenvalue weighted by Gasteiger charge is -2.60. The number of hydrogen-bond donors (Lipinski definition) is 0. The summed E-state index contributed by atoms with van der Waals surface area (Å²) in [6.07, 6.45) is 10.6. The van der Waals surface area contributed by atoms with E-state index in [0.29, 0.717) is 24.0 Å². The number of fused-ring (bicyclic) bond motifs is 12. The normalized spacial score (nSPS) is 62.0. The quantitative estimate of drug-likeness (QED) is 0.600. The first-order valence-electron chi connectivity index (χ1n) is 11.4.